The molecule has 0 spiro atoms. The van der Waals surface area contributed by atoms with Gasteiger partial charge in [0.25, 0.3) is 5.91 Å². The van der Waals surface area contributed by atoms with E-state index >= 15 is 4.39 Å². The molecule has 3 aromatic rings. The van der Waals surface area contributed by atoms with Crippen molar-refractivity contribution in [3.8, 4) is 5.75 Å². The molecule has 1 aromatic heterocycles. The summed E-state index contributed by atoms with van der Waals surface area (Å²) in [7, 11) is 0. The summed E-state index contributed by atoms with van der Waals surface area (Å²) in [5.74, 6) is -2.91. The van der Waals surface area contributed by atoms with E-state index in [4.69, 9.17) is 4.74 Å². The molecule has 204 valence electrons. The molecule has 7 nitrogen and oxygen atoms in total. The minimum atomic E-state index is -4.79. The van der Waals surface area contributed by atoms with Crippen molar-refractivity contribution < 1.29 is 31.9 Å². The number of ether oxygens (including phenoxy) is 1. The molecule has 12 heteroatoms. The zero-order chi connectivity index (χ0) is 28.2. The number of aromatic nitrogens is 1. The molecule has 0 saturated carbocycles. The second-order valence-corrected chi connectivity index (χ2v) is 10.3. The van der Waals surface area contributed by atoms with Gasteiger partial charge >= 0.3 is 12.1 Å². The average molecular weight is 562 g/mol. The lowest BCUT2D eigenvalue weighted by molar-refractivity contribution is -0.173. The van der Waals surface area contributed by atoms with Gasteiger partial charge in [0, 0.05) is 35.4 Å². The number of benzene rings is 2. The summed E-state index contributed by atoms with van der Waals surface area (Å²) in [5.41, 5.74) is 1.09. The first-order valence-corrected chi connectivity index (χ1v) is 13.0. The number of rotatable bonds is 3. The molecule has 3 heterocycles. The largest absolute Gasteiger partial charge is 0.420 e. The molecule has 5 rings (SSSR count). The Morgan fingerprint density at radius 3 is 2.49 bits per heavy atom. The number of amides is 1. The Kier molecular flexibility index (Phi) is 6.69. The molecule has 2 aromatic carbocycles. The Balaban J connectivity index is 1.83. The molecule has 2 atom stereocenters. The number of fused-ring (bicyclic) bond motifs is 3. The molecule has 0 N–H and O–H groups in total. The van der Waals surface area contributed by atoms with Gasteiger partial charge in [0.15, 0.2) is 5.69 Å². The molecule has 0 bridgehead atoms. The quantitative estimate of drug-likeness (QED) is 0.334. The van der Waals surface area contributed by atoms with Gasteiger partial charge in [-0.3, -0.25) is 24.1 Å². The summed E-state index contributed by atoms with van der Waals surface area (Å²) >= 11 is 1.41. The molecule has 0 unspecified atom stereocenters. The van der Waals surface area contributed by atoms with E-state index in [2.05, 4.69) is 0 Å². The number of carbonyl (C=O) groups is 2. The van der Waals surface area contributed by atoms with Crippen LogP contribution in [0.25, 0.3) is 0 Å². The number of hydrogen-bond donors (Lipinski definition) is 0. The first kappa shape index (κ1) is 26.8. The molecular formula is C27H23F4N3O4S. The second-order valence-electron chi connectivity index (χ2n) is 9.36. The number of carbonyl (C=O) groups excluding carboxylic acids is 2. The van der Waals surface area contributed by atoms with Gasteiger partial charge in [0.05, 0.1) is 6.04 Å². The van der Waals surface area contributed by atoms with E-state index in [1.54, 1.807) is 12.1 Å². The fourth-order valence-corrected chi connectivity index (χ4v) is 6.21. The summed E-state index contributed by atoms with van der Waals surface area (Å²) in [4.78, 5) is 39.5. The number of aryl methyl sites for hydroxylation is 1. The number of pyridine rings is 1. The smallest absolute Gasteiger partial charge is 0.408 e. The van der Waals surface area contributed by atoms with Crippen molar-refractivity contribution in [1.82, 2.24) is 9.58 Å². The highest BCUT2D eigenvalue weighted by molar-refractivity contribution is 7.98. The van der Waals surface area contributed by atoms with Gasteiger partial charge in [-0.2, -0.15) is 13.2 Å². The van der Waals surface area contributed by atoms with Gasteiger partial charge in [-0.15, -0.1) is 11.8 Å². The maximum absolute atomic E-state index is 15.1. The minimum Gasteiger partial charge on any atom is -0.420 e. The van der Waals surface area contributed by atoms with E-state index in [-0.39, 0.29) is 5.75 Å². The van der Waals surface area contributed by atoms with Crippen LogP contribution >= 0.6 is 11.8 Å². The minimum absolute atomic E-state index is 0.279. The Hall–Kier alpha value is -3.80. The van der Waals surface area contributed by atoms with Crippen molar-refractivity contribution >= 4 is 23.6 Å². The maximum atomic E-state index is 15.1. The average Bonchev–Trinajstić information content (AvgIpc) is 3.03. The van der Waals surface area contributed by atoms with Crippen LogP contribution in [0.2, 0.25) is 0 Å². The summed E-state index contributed by atoms with van der Waals surface area (Å²) in [5, 5.41) is 1.47. The van der Waals surface area contributed by atoms with Crippen molar-refractivity contribution in [3.05, 3.63) is 92.6 Å². The first-order valence-electron chi connectivity index (χ1n) is 12.0. The lowest BCUT2D eigenvalue weighted by Crippen LogP contribution is -2.60. The molecule has 39 heavy (non-hydrogen) atoms. The Bertz CT molecular complexity index is 1500. The third-order valence-electron chi connectivity index (χ3n) is 6.91. The molecule has 2 aliphatic rings. The number of hydrogen-bond acceptors (Lipinski definition) is 6. The maximum Gasteiger partial charge on any atom is 0.408 e. The highest BCUT2D eigenvalue weighted by atomic mass is 32.2. The second kappa shape index (κ2) is 9.74. The lowest BCUT2D eigenvalue weighted by atomic mass is 9.93. The van der Waals surface area contributed by atoms with Gasteiger partial charge < -0.3 is 9.64 Å². The molecular weight excluding hydrogens is 538 g/mol. The molecule has 1 amide bonds. The van der Waals surface area contributed by atoms with Crippen LogP contribution < -0.4 is 15.2 Å². The third-order valence-corrected chi connectivity index (χ3v) is 8.18. The van der Waals surface area contributed by atoms with Crippen molar-refractivity contribution in [3.63, 3.8) is 0 Å². The van der Waals surface area contributed by atoms with Crippen LogP contribution in [0, 0.1) is 12.7 Å². The zero-order valence-corrected chi connectivity index (χ0v) is 21.9. The van der Waals surface area contributed by atoms with Gasteiger partial charge in [0.2, 0.25) is 11.2 Å². The summed E-state index contributed by atoms with van der Waals surface area (Å²) in [6.07, 6.45) is -3.54. The van der Waals surface area contributed by atoms with Gasteiger partial charge in [-0.05, 0) is 36.6 Å². The van der Waals surface area contributed by atoms with Crippen LogP contribution in [0.3, 0.4) is 0 Å². The standard InChI is InChI=1S/C27H23F4N3O4S/c1-14-6-4-8-18-22(17-7-5-9-20(28)19(17)12-39-25(14)18)34-13-32(15(2)27(29,30)31)26(37)23-24(38-16(3)35)21(36)10-11-33(23)34/h4-11,15,22H,12-13H2,1-3H3/t15-,22+/m1/s1. The predicted molar refractivity (Wildman–Crippen MR) is 136 cm³/mol. The van der Waals surface area contributed by atoms with Crippen LogP contribution in [0.1, 0.15) is 52.6 Å². The molecule has 0 fully saturated rings. The first-order chi connectivity index (χ1) is 18.4. The van der Waals surface area contributed by atoms with E-state index in [0.29, 0.717) is 21.6 Å². The van der Waals surface area contributed by atoms with Crippen LogP contribution in [0.5, 0.6) is 5.75 Å². The van der Waals surface area contributed by atoms with E-state index in [1.807, 2.05) is 19.1 Å². The molecule has 2 aliphatic heterocycles. The summed E-state index contributed by atoms with van der Waals surface area (Å²) in [6.45, 7) is 3.20. The summed E-state index contributed by atoms with van der Waals surface area (Å²) < 4.78 is 63.4. The Labute approximate surface area is 224 Å². The molecule has 0 saturated heterocycles. The van der Waals surface area contributed by atoms with Crippen molar-refractivity contribution in [2.45, 2.75) is 49.7 Å². The van der Waals surface area contributed by atoms with Crippen LogP contribution in [0.4, 0.5) is 17.6 Å². The Morgan fingerprint density at radius 2 is 1.79 bits per heavy atom. The lowest BCUT2D eigenvalue weighted by Gasteiger charge is -2.46. The number of esters is 1. The van der Waals surface area contributed by atoms with Crippen LogP contribution in [0.15, 0.2) is 58.4 Å². The Morgan fingerprint density at radius 1 is 1.10 bits per heavy atom. The van der Waals surface area contributed by atoms with Gasteiger partial charge in [0.1, 0.15) is 18.5 Å². The van der Waals surface area contributed by atoms with Crippen molar-refractivity contribution in [1.29, 1.82) is 0 Å². The van der Waals surface area contributed by atoms with Gasteiger partial charge in [-0.25, -0.2) is 4.39 Å². The van der Waals surface area contributed by atoms with E-state index in [1.165, 1.54) is 39.8 Å². The summed E-state index contributed by atoms with van der Waals surface area (Å²) in [6, 6.07) is 8.00. The monoisotopic (exact) mass is 561 g/mol. The number of thioether (sulfide) groups is 1. The number of halogens is 4. The fourth-order valence-electron chi connectivity index (χ4n) is 4.97. The fraction of sp³-hybridized carbons (Fsp3) is 0.296. The van der Waals surface area contributed by atoms with E-state index in [9.17, 15) is 27.6 Å². The van der Waals surface area contributed by atoms with Crippen LogP contribution in [-0.4, -0.2) is 40.3 Å². The topological polar surface area (TPSA) is 71.8 Å². The van der Waals surface area contributed by atoms with Crippen LogP contribution in [-0.2, 0) is 10.5 Å². The predicted octanol–water partition coefficient (Wildman–Crippen LogP) is 4.92. The van der Waals surface area contributed by atoms with Crippen molar-refractivity contribution in [2.24, 2.45) is 0 Å². The normalized spacial score (nSPS) is 17.6. The number of nitrogens with zero attached hydrogens (tertiary/aromatic N) is 3. The van der Waals surface area contributed by atoms with E-state index < -0.39 is 59.5 Å². The molecule has 0 radical (unpaired) electrons. The van der Waals surface area contributed by atoms with Gasteiger partial charge in [-0.1, -0.05) is 30.3 Å². The van der Waals surface area contributed by atoms with E-state index in [0.717, 1.165) is 30.4 Å². The van der Waals surface area contributed by atoms with Crippen molar-refractivity contribution in [2.75, 3.05) is 11.7 Å². The highest BCUT2D eigenvalue weighted by Gasteiger charge is 2.48. The zero-order valence-electron chi connectivity index (χ0n) is 21.1. The third kappa shape index (κ3) is 4.56. The highest BCUT2D eigenvalue weighted by Crippen LogP contribution is 2.45. The molecule has 0 aliphatic carbocycles. The number of alkyl halides is 3. The SMILES string of the molecule is CC(=O)Oc1c2n(ccc1=O)N([C@H]1c3cccc(F)c3CSc3c(C)cccc31)CN([C@H](C)C(F)(F)F)C2=O.